The number of allylic oxidation sites excluding steroid dienone is 1. The number of esters is 1. The Morgan fingerprint density at radius 3 is 2.24 bits per heavy atom. The first-order valence-corrected chi connectivity index (χ1v) is 20.7. The first kappa shape index (κ1) is 42.8. The zero-order chi connectivity index (χ0) is 37.7. The molecule has 8 unspecified atom stereocenters. The molecule has 0 heterocycles. The van der Waals surface area contributed by atoms with Crippen LogP contribution in [0.3, 0.4) is 0 Å². The number of hydrogen-bond donors (Lipinski definition) is 1. The normalized spacial score (nSPS) is 31.7. The van der Waals surface area contributed by atoms with E-state index in [0.717, 1.165) is 54.8 Å². The average molecular weight is 702 g/mol. The van der Waals surface area contributed by atoms with Crippen LogP contribution in [0.5, 0.6) is 0 Å². The van der Waals surface area contributed by atoms with E-state index in [1.165, 1.54) is 51.4 Å². The Balaban J connectivity index is 0.00000332. The van der Waals surface area contributed by atoms with Gasteiger partial charge < -0.3 is 19.5 Å². The second kappa shape index (κ2) is 17.1. The second-order valence-corrected chi connectivity index (χ2v) is 19.7. The Kier molecular flexibility index (Phi) is 14.6. The van der Waals surface area contributed by atoms with E-state index in [9.17, 15) is 9.59 Å². The summed E-state index contributed by atoms with van der Waals surface area (Å²) in [4.78, 5) is 25.4. The van der Waals surface area contributed by atoms with Crippen molar-refractivity contribution < 1.29 is 23.8 Å². The summed E-state index contributed by atoms with van der Waals surface area (Å²) in [6, 6.07) is 0. The largest absolute Gasteiger partial charge is 0.462 e. The quantitative estimate of drug-likeness (QED) is 0.153. The molecular formula is C44H79NO5. The molecule has 4 aliphatic carbocycles. The molecular weight excluding hydrogens is 622 g/mol. The Bertz CT molecular complexity index is 1150. The van der Waals surface area contributed by atoms with Crippen molar-refractivity contribution in [2.75, 3.05) is 6.61 Å². The SMILES string of the molecule is CC.CC(C)CCCC(C)C1CCC2C3CC=C4CC(OC(=O)CC(C)(C)OCCC(C)(C)NC(=O)OC(C)(C)C)CCC4(C)C3CCC12C. The lowest BCUT2D eigenvalue weighted by Crippen LogP contribution is -2.51. The summed E-state index contributed by atoms with van der Waals surface area (Å²) in [6.45, 7) is 30.3. The maximum Gasteiger partial charge on any atom is 0.408 e. The van der Waals surface area contributed by atoms with Crippen molar-refractivity contribution in [1.82, 2.24) is 5.32 Å². The Hall–Kier alpha value is -1.56. The minimum atomic E-state index is -0.653. The van der Waals surface area contributed by atoms with Crippen molar-refractivity contribution in [3.8, 4) is 0 Å². The van der Waals surface area contributed by atoms with E-state index < -0.39 is 22.8 Å². The van der Waals surface area contributed by atoms with Crippen LogP contribution in [-0.2, 0) is 19.0 Å². The van der Waals surface area contributed by atoms with E-state index in [4.69, 9.17) is 14.2 Å². The molecule has 6 heteroatoms. The van der Waals surface area contributed by atoms with Crippen molar-refractivity contribution >= 4 is 12.1 Å². The molecule has 6 nitrogen and oxygen atoms in total. The van der Waals surface area contributed by atoms with Gasteiger partial charge in [-0.1, -0.05) is 79.4 Å². The van der Waals surface area contributed by atoms with Gasteiger partial charge in [0.15, 0.2) is 0 Å². The number of amides is 1. The van der Waals surface area contributed by atoms with E-state index in [2.05, 4.69) is 46.0 Å². The number of carbonyl (C=O) groups is 2. The van der Waals surface area contributed by atoms with Crippen LogP contribution in [0.1, 0.15) is 180 Å². The minimum absolute atomic E-state index is 0.0439. The van der Waals surface area contributed by atoms with Crippen LogP contribution < -0.4 is 5.32 Å². The van der Waals surface area contributed by atoms with Gasteiger partial charge >= 0.3 is 12.1 Å². The second-order valence-electron chi connectivity index (χ2n) is 19.7. The lowest BCUT2D eigenvalue weighted by Gasteiger charge is -2.58. The van der Waals surface area contributed by atoms with E-state index in [1.807, 2.05) is 62.3 Å². The van der Waals surface area contributed by atoms with Gasteiger partial charge in [0.2, 0.25) is 0 Å². The smallest absolute Gasteiger partial charge is 0.408 e. The number of carbonyl (C=O) groups excluding carboxylic acids is 2. The number of alkyl carbamates (subject to hydrolysis) is 1. The highest BCUT2D eigenvalue weighted by molar-refractivity contribution is 5.71. The molecule has 0 radical (unpaired) electrons. The highest BCUT2D eigenvalue weighted by Gasteiger charge is 2.59. The molecule has 0 spiro atoms. The molecule has 0 bridgehead atoms. The number of hydrogen-bond acceptors (Lipinski definition) is 5. The van der Waals surface area contributed by atoms with E-state index in [-0.39, 0.29) is 23.9 Å². The Labute approximate surface area is 308 Å². The molecule has 0 aromatic heterocycles. The highest BCUT2D eigenvalue weighted by Crippen LogP contribution is 2.67. The zero-order valence-electron chi connectivity index (χ0n) is 35.1. The summed E-state index contributed by atoms with van der Waals surface area (Å²) >= 11 is 0. The van der Waals surface area contributed by atoms with Gasteiger partial charge in [-0.2, -0.15) is 0 Å². The minimum Gasteiger partial charge on any atom is -0.462 e. The van der Waals surface area contributed by atoms with Crippen LogP contribution >= 0.6 is 0 Å². The van der Waals surface area contributed by atoms with Gasteiger partial charge in [-0.05, 0) is 146 Å². The van der Waals surface area contributed by atoms with Gasteiger partial charge in [-0.3, -0.25) is 4.79 Å². The van der Waals surface area contributed by atoms with Crippen LogP contribution in [-0.4, -0.2) is 41.5 Å². The Morgan fingerprint density at radius 2 is 1.60 bits per heavy atom. The van der Waals surface area contributed by atoms with Gasteiger partial charge in [0.25, 0.3) is 0 Å². The lowest BCUT2D eigenvalue weighted by molar-refractivity contribution is -0.158. The third-order valence-electron chi connectivity index (χ3n) is 13.2. The van der Waals surface area contributed by atoms with Crippen molar-refractivity contribution in [3.05, 3.63) is 11.6 Å². The third kappa shape index (κ3) is 11.0. The number of fused-ring (bicyclic) bond motifs is 5. The monoisotopic (exact) mass is 702 g/mol. The molecule has 0 aliphatic heterocycles. The molecule has 0 aromatic rings. The summed E-state index contributed by atoms with van der Waals surface area (Å²) in [7, 11) is 0. The van der Waals surface area contributed by atoms with Gasteiger partial charge in [-0.15, -0.1) is 0 Å². The van der Waals surface area contributed by atoms with Crippen LogP contribution in [0.25, 0.3) is 0 Å². The predicted octanol–water partition coefficient (Wildman–Crippen LogP) is 11.8. The lowest BCUT2D eigenvalue weighted by atomic mass is 9.47. The number of ether oxygens (including phenoxy) is 3. The van der Waals surface area contributed by atoms with Crippen molar-refractivity contribution in [1.29, 1.82) is 0 Å². The summed E-state index contributed by atoms with van der Waals surface area (Å²) in [5.74, 6) is 4.80. The van der Waals surface area contributed by atoms with Crippen LogP contribution in [0.2, 0.25) is 0 Å². The fourth-order valence-electron chi connectivity index (χ4n) is 10.6. The van der Waals surface area contributed by atoms with Crippen molar-refractivity contribution in [3.63, 3.8) is 0 Å². The predicted molar refractivity (Wildman–Crippen MR) is 207 cm³/mol. The summed E-state index contributed by atoms with van der Waals surface area (Å²) < 4.78 is 17.7. The average Bonchev–Trinajstić information content (AvgIpc) is 3.33. The van der Waals surface area contributed by atoms with Gasteiger partial charge in [-0.25, -0.2) is 4.79 Å². The molecule has 0 aromatic carbocycles. The third-order valence-corrected chi connectivity index (χ3v) is 13.2. The first-order chi connectivity index (χ1) is 23.1. The first-order valence-electron chi connectivity index (χ1n) is 20.7. The Morgan fingerprint density at radius 1 is 0.920 bits per heavy atom. The molecule has 1 amide bonds. The maximum atomic E-state index is 13.2. The number of rotatable bonds is 13. The fourth-order valence-corrected chi connectivity index (χ4v) is 10.6. The summed E-state index contributed by atoms with van der Waals surface area (Å²) in [5.41, 5.74) is 0.613. The highest BCUT2D eigenvalue weighted by atomic mass is 16.6. The van der Waals surface area contributed by atoms with E-state index in [1.54, 1.807) is 5.57 Å². The summed E-state index contributed by atoms with van der Waals surface area (Å²) in [5, 5.41) is 2.93. The molecule has 4 aliphatic rings. The van der Waals surface area contributed by atoms with Gasteiger partial charge in [0.1, 0.15) is 11.7 Å². The van der Waals surface area contributed by atoms with Gasteiger partial charge in [0.05, 0.1) is 12.0 Å². The topological polar surface area (TPSA) is 73.9 Å². The molecule has 0 saturated heterocycles. The van der Waals surface area contributed by atoms with Crippen LogP contribution in [0, 0.1) is 46.3 Å². The molecule has 3 saturated carbocycles. The van der Waals surface area contributed by atoms with E-state index >= 15 is 0 Å². The zero-order valence-corrected chi connectivity index (χ0v) is 35.1. The van der Waals surface area contributed by atoms with Crippen LogP contribution in [0.4, 0.5) is 4.79 Å². The molecule has 290 valence electrons. The maximum absolute atomic E-state index is 13.2. The van der Waals surface area contributed by atoms with Crippen molar-refractivity contribution in [2.45, 2.75) is 203 Å². The fraction of sp³-hybridized carbons (Fsp3) is 0.909. The molecule has 3 fully saturated rings. The molecule has 1 N–H and O–H groups in total. The molecule has 8 atom stereocenters. The molecule has 50 heavy (non-hydrogen) atoms. The molecule has 4 rings (SSSR count). The summed E-state index contributed by atoms with van der Waals surface area (Å²) in [6.07, 6.45) is 16.8. The van der Waals surface area contributed by atoms with Gasteiger partial charge in [0, 0.05) is 18.6 Å². The van der Waals surface area contributed by atoms with Crippen LogP contribution in [0.15, 0.2) is 11.6 Å². The van der Waals surface area contributed by atoms with E-state index in [0.29, 0.717) is 18.4 Å². The standard InChI is InChI=1S/C42H73NO5.C2H6/c1-28(2)14-13-15-29(3)33-18-19-34-32-17-16-30-26-31(20-22-41(30,11)35(32)21-23-42(33,34)12)47-36(44)27-40(9,10)46-25-24-39(7,8)43-37(45)48-38(4,5)6;1-2/h16,28-29,31-35H,13-15,17-27H2,1-12H3,(H,43,45);1-2H3. The van der Waals surface area contributed by atoms with Crippen molar-refractivity contribution in [2.24, 2.45) is 46.3 Å². The number of nitrogens with one attached hydrogen (secondary N) is 1.